The van der Waals surface area contributed by atoms with Crippen molar-refractivity contribution in [2.45, 2.75) is 18.9 Å². The third-order valence-corrected chi connectivity index (χ3v) is 5.59. The smallest absolute Gasteiger partial charge is 0.254 e. The first-order valence-corrected chi connectivity index (χ1v) is 9.69. The number of hydrogen-bond acceptors (Lipinski definition) is 3. The number of benzene rings is 2. The van der Waals surface area contributed by atoms with Crippen molar-refractivity contribution in [3.8, 4) is 0 Å². The highest BCUT2D eigenvalue weighted by atomic mass is 35.5. The lowest BCUT2D eigenvalue weighted by Crippen LogP contribution is -2.48. The average Bonchev–Trinajstić information content (AvgIpc) is 3.14. The van der Waals surface area contributed by atoms with E-state index in [1.807, 2.05) is 53.4 Å². The highest BCUT2D eigenvalue weighted by molar-refractivity contribution is 6.31. The van der Waals surface area contributed by atoms with Crippen LogP contribution in [-0.2, 0) is 4.79 Å². The number of amides is 2. The molecule has 2 amide bonds. The number of nitrogens with one attached hydrogen (secondary N) is 1. The molecule has 0 bridgehead atoms. The molecule has 5 nitrogen and oxygen atoms in total. The van der Waals surface area contributed by atoms with Gasteiger partial charge < -0.3 is 15.1 Å². The molecule has 0 spiro atoms. The average molecular weight is 384 g/mol. The summed E-state index contributed by atoms with van der Waals surface area (Å²) in [5, 5.41) is 4.02. The standard InChI is InChI=1S/C21H22ClN3O2/c22-18-8-2-1-7-17(18)19-14-23-10-12-25(19)21(27)15-5-3-6-16(13-15)24-11-4-9-20(24)26/h1-3,5-8,13,19,23H,4,9-12,14H2. The first kappa shape index (κ1) is 18.0. The number of halogens is 1. The largest absolute Gasteiger partial charge is 0.329 e. The molecule has 2 aliphatic heterocycles. The second-order valence-corrected chi connectivity index (χ2v) is 7.35. The zero-order valence-corrected chi connectivity index (χ0v) is 15.8. The molecule has 1 atom stereocenters. The summed E-state index contributed by atoms with van der Waals surface area (Å²) in [7, 11) is 0. The lowest BCUT2D eigenvalue weighted by atomic mass is 10.0. The van der Waals surface area contributed by atoms with E-state index in [0.717, 1.165) is 24.2 Å². The van der Waals surface area contributed by atoms with Gasteiger partial charge in [-0.1, -0.05) is 35.9 Å². The van der Waals surface area contributed by atoms with E-state index >= 15 is 0 Å². The molecular formula is C21H22ClN3O2. The minimum absolute atomic E-state index is 0.0325. The number of anilines is 1. The summed E-state index contributed by atoms with van der Waals surface area (Å²) in [4.78, 5) is 29.0. The monoisotopic (exact) mass is 383 g/mol. The van der Waals surface area contributed by atoms with Crippen LogP contribution in [0.5, 0.6) is 0 Å². The number of hydrogen-bond donors (Lipinski definition) is 1. The zero-order chi connectivity index (χ0) is 18.8. The van der Waals surface area contributed by atoms with Crippen LogP contribution in [0.4, 0.5) is 5.69 Å². The Morgan fingerprint density at radius 2 is 1.96 bits per heavy atom. The summed E-state index contributed by atoms with van der Waals surface area (Å²) in [5.74, 6) is 0.0885. The fourth-order valence-corrected chi connectivity index (χ4v) is 4.13. The SMILES string of the molecule is O=C1CCCN1c1cccc(C(=O)N2CCNCC2c2ccccc2Cl)c1. The normalized spacial score (nSPS) is 20.2. The van der Waals surface area contributed by atoms with Gasteiger partial charge in [0.25, 0.3) is 5.91 Å². The van der Waals surface area contributed by atoms with E-state index < -0.39 is 0 Å². The van der Waals surface area contributed by atoms with Crippen LogP contribution in [0.1, 0.15) is 34.8 Å². The van der Waals surface area contributed by atoms with E-state index in [1.165, 1.54) is 0 Å². The van der Waals surface area contributed by atoms with Gasteiger partial charge in [0.15, 0.2) is 0 Å². The van der Waals surface area contributed by atoms with Gasteiger partial charge in [0.1, 0.15) is 0 Å². The third kappa shape index (κ3) is 3.57. The van der Waals surface area contributed by atoms with Crippen LogP contribution in [0.2, 0.25) is 5.02 Å². The molecule has 0 saturated carbocycles. The number of carbonyl (C=O) groups excluding carboxylic acids is 2. The van der Waals surface area contributed by atoms with Gasteiger partial charge in [-0.2, -0.15) is 0 Å². The molecule has 0 radical (unpaired) electrons. The van der Waals surface area contributed by atoms with Crippen LogP contribution >= 0.6 is 11.6 Å². The van der Waals surface area contributed by atoms with Crippen molar-refractivity contribution in [1.29, 1.82) is 0 Å². The van der Waals surface area contributed by atoms with Crippen LogP contribution in [0.25, 0.3) is 0 Å². The van der Waals surface area contributed by atoms with Crippen molar-refractivity contribution in [2.24, 2.45) is 0 Å². The van der Waals surface area contributed by atoms with Crippen LogP contribution < -0.4 is 10.2 Å². The molecule has 1 N–H and O–H groups in total. The first-order valence-electron chi connectivity index (χ1n) is 9.32. The van der Waals surface area contributed by atoms with E-state index in [9.17, 15) is 9.59 Å². The number of nitrogens with zero attached hydrogens (tertiary/aromatic N) is 2. The predicted molar refractivity (Wildman–Crippen MR) is 106 cm³/mol. The second-order valence-electron chi connectivity index (χ2n) is 6.94. The van der Waals surface area contributed by atoms with Gasteiger partial charge in [0.05, 0.1) is 6.04 Å². The Labute approximate surface area is 163 Å². The summed E-state index contributed by atoms with van der Waals surface area (Å²) in [5.41, 5.74) is 2.35. The zero-order valence-electron chi connectivity index (χ0n) is 15.0. The van der Waals surface area contributed by atoms with Crippen LogP contribution in [0.3, 0.4) is 0 Å². The highest BCUT2D eigenvalue weighted by Gasteiger charge is 2.30. The number of piperazine rings is 1. The summed E-state index contributed by atoms with van der Waals surface area (Å²) in [6, 6.07) is 14.9. The molecule has 2 saturated heterocycles. The number of rotatable bonds is 3. The Morgan fingerprint density at radius 1 is 1.11 bits per heavy atom. The molecule has 4 rings (SSSR count). The molecule has 0 aromatic heterocycles. The molecule has 1 unspecified atom stereocenters. The maximum Gasteiger partial charge on any atom is 0.254 e. The van der Waals surface area contributed by atoms with Gasteiger partial charge in [0.2, 0.25) is 5.91 Å². The summed E-state index contributed by atoms with van der Waals surface area (Å²) in [6.45, 7) is 2.74. The first-order chi connectivity index (χ1) is 13.1. The molecule has 2 heterocycles. The molecule has 0 aliphatic carbocycles. The molecule has 2 aromatic carbocycles. The van der Waals surface area contributed by atoms with Gasteiger partial charge in [0, 0.05) is 48.9 Å². The van der Waals surface area contributed by atoms with Gasteiger partial charge in [-0.05, 0) is 36.2 Å². The van der Waals surface area contributed by atoms with Crippen LogP contribution in [0, 0.1) is 0 Å². The van der Waals surface area contributed by atoms with Gasteiger partial charge >= 0.3 is 0 Å². The molecule has 27 heavy (non-hydrogen) atoms. The third-order valence-electron chi connectivity index (χ3n) is 5.25. The van der Waals surface area contributed by atoms with E-state index in [1.54, 1.807) is 4.90 Å². The predicted octanol–water partition coefficient (Wildman–Crippen LogP) is 3.25. The highest BCUT2D eigenvalue weighted by Crippen LogP contribution is 2.30. The van der Waals surface area contributed by atoms with Crippen molar-refractivity contribution >= 4 is 29.1 Å². The Bertz CT molecular complexity index is 870. The van der Waals surface area contributed by atoms with Crippen molar-refractivity contribution in [3.63, 3.8) is 0 Å². The topological polar surface area (TPSA) is 52.7 Å². The Hall–Kier alpha value is -2.37. The lowest BCUT2D eigenvalue weighted by molar-refractivity contribution is -0.117. The van der Waals surface area contributed by atoms with Gasteiger partial charge in [-0.25, -0.2) is 0 Å². The van der Waals surface area contributed by atoms with Crippen molar-refractivity contribution < 1.29 is 9.59 Å². The van der Waals surface area contributed by atoms with E-state index in [2.05, 4.69) is 5.32 Å². The van der Waals surface area contributed by atoms with Crippen molar-refractivity contribution in [3.05, 3.63) is 64.7 Å². The molecule has 6 heteroatoms. The molecular weight excluding hydrogens is 362 g/mol. The molecule has 140 valence electrons. The fourth-order valence-electron chi connectivity index (χ4n) is 3.86. The molecule has 2 aliphatic rings. The molecule has 2 aromatic rings. The maximum atomic E-state index is 13.3. The van der Waals surface area contributed by atoms with E-state index in [4.69, 9.17) is 11.6 Å². The quantitative estimate of drug-likeness (QED) is 0.885. The van der Waals surface area contributed by atoms with Crippen molar-refractivity contribution in [1.82, 2.24) is 10.2 Å². The van der Waals surface area contributed by atoms with E-state index in [0.29, 0.717) is 36.6 Å². The van der Waals surface area contributed by atoms with Crippen LogP contribution in [0.15, 0.2) is 48.5 Å². The number of carbonyl (C=O) groups is 2. The lowest BCUT2D eigenvalue weighted by Gasteiger charge is -2.37. The maximum absolute atomic E-state index is 13.3. The summed E-state index contributed by atoms with van der Waals surface area (Å²) >= 11 is 6.39. The Morgan fingerprint density at radius 3 is 2.74 bits per heavy atom. The Kier molecular flexibility index (Phi) is 5.14. The van der Waals surface area contributed by atoms with Gasteiger partial charge in [-0.3, -0.25) is 9.59 Å². The van der Waals surface area contributed by atoms with Gasteiger partial charge in [-0.15, -0.1) is 0 Å². The molecule has 2 fully saturated rings. The minimum Gasteiger partial charge on any atom is -0.329 e. The minimum atomic E-state index is -0.114. The van der Waals surface area contributed by atoms with Crippen LogP contribution in [-0.4, -0.2) is 42.9 Å². The van der Waals surface area contributed by atoms with Crippen molar-refractivity contribution in [2.75, 3.05) is 31.1 Å². The summed E-state index contributed by atoms with van der Waals surface area (Å²) < 4.78 is 0. The second kappa shape index (κ2) is 7.71. The Balaban J connectivity index is 1.63. The fraction of sp³-hybridized carbons (Fsp3) is 0.333. The van der Waals surface area contributed by atoms with E-state index in [-0.39, 0.29) is 17.9 Å². The summed E-state index contributed by atoms with van der Waals surface area (Å²) in [6.07, 6.45) is 1.44.